The Balaban J connectivity index is 1.50. The summed E-state index contributed by atoms with van der Waals surface area (Å²) in [6.45, 7) is 6.14. The van der Waals surface area contributed by atoms with Crippen LogP contribution in [0, 0.1) is 11.3 Å². The van der Waals surface area contributed by atoms with E-state index in [1.807, 2.05) is 19.2 Å². The standard InChI is InChI=1S/C19H27N3O2/c1-23-19-12-17(14-21-7-2-3-8-21)22(15-19)9-10-24-18-6-4-5-16(11-18)13-20/h4-6,11,17,19H,2-3,7-10,12,14-15H2,1H3/t17-,19-/m0/s1. The predicted octanol–water partition coefficient (Wildman–Crippen LogP) is 2.12. The highest BCUT2D eigenvalue weighted by atomic mass is 16.5. The van der Waals surface area contributed by atoms with Crippen LogP contribution in [-0.2, 0) is 4.74 Å². The van der Waals surface area contributed by atoms with Crippen LogP contribution in [-0.4, -0.2) is 68.4 Å². The normalized spacial score (nSPS) is 25.0. The van der Waals surface area contributed by atoms with Gasteiger partial charge >= 0.3 is 0 Å². The van der Waals surface area contributed by atoms with Crippen LogP contribution >= 0.6 is 0 Å². The van der Waals surface area contributed by atoms with Crippen molar-refractivity contribution in [2.24, 2.45) is 0 Å². The first kappa shape index (κ1) is 17.2. The maximum absolute atomic E-state index is 8.95. The third-order valence-corrected chi connectivity index (χ3v) is 5.10. The van der Waals surface area contributed by atoms with Crippen molar-refractivity contribution in [2.75, 3.05) is 46.4 Å². The molecule has 0 N–H and O–H groups in total. The largest absolute Gasteiger partial charge is 0.492 e. The van der Waals surface area contributed by atoms with E-state index in [2.05, 4.69) is 15.9 Å². The molecule has 24 heavy (non-hydrogen) atoms. The molecule has 0 unspecified atom stereocenters. The SMILES string of the molecule is CO[C@H]1C[C@@H](CN2CCCC2)N(CCOc2cccc(C#N)c2)C1. The van der Waals surface area contributed by atoms with Crippen molar-refractivity contribution in [3.63, 3.8) is 0 Å². The average molecular weight is 329 g/mol. The van der Waals surface area contributed by atoms with Crippen LogP contribution in [0.5, 0.6) is 5.75 Å². The summed E-state index contributed by atoms with van der Waals surface area (Å²) in [4.78, 5) is 5.08. The van der Waals surface area contributed by atoms with E-state index >= 15 is 0 Å². The first-order chi connectivity index (χ1) is 11.8. The lowest BCUT2D eigenvalue weighted by Crippen LogP contribution is -2.41. The summed E-state index contributed by atoms with van der Waals surface area (Å²) in [5.41, 5.74) is 0.639. The lowest BCUT2D eigenvalue weighted by molar-refractivity contribution is 0.105. The second-order valence-electron chi connectivity index (χ2n) is 6.74. The van der Waals surface area contributed by atoms with E-state index in [0.29, 0.717) is 24.3 Å². The Bertz CT molecular complexity index is 566. The number of hydrogen-bond acceptors (Lipinski definition) is 5. The molecule has 5 nitrogen and oxygen atoms in total. The number of benzene rings is 1. The number of nitrogens with zero attached hydrogens (tertiary/aromatic N) is 3. The molecule has 3 rings (SSSR count). The number of likely N-dealkylation sites (tertiary alicyclic amines) is 2. The van der Waals surface area contributed by atoms with Crippen LogP contribution in [0.1, 0.15) is 24.8 Å². The Morgan fingerprint density at radius 3 is 2.88 bits per heavy atom. The zero-order chi connectivity index (χ0) is 16.8. The van der Waals surface area contributed by atoms with Gasteiger partial charge in [0.2, 0.25) is 0 Å². The fourth-order valence-electron chi connectivity index (χ4n) is 3.77. The van der Waals surface area contributed by atoms with Crippen LogP contribution in [0.25, 0.3) is 0 Å². The van der Waals surface area contributed by atoms with E-state index < -0.39 is 0 Å². The molecule has 0 aromatic heterocycles. The summed E-state index contributed by atoms with van der Waals surface area (Å²) in [5.74, 6) is 0.771. The topological polar surface area (TPSA) is 48.7 Å². The maximum atomic E-state index is 8.95. The third kappa shape index (κ3) is 4.47. The summed E-state index contributed by atoms with van der Waals surface area (Å²) in [5, 5.41) is 8.95. The molecule has 0 bridgehead atoms. The second-order valence-corrected chi connectivity index (χ2v) is 6.74. The van der Waals surface area contributed by atoms with Gasteiger partial charge in [0.25, 0.3) is 0 Å². The molecule has 2 atom stereocenters. The zero-order valence-corrected chi connectivity index (χ0v) is 14.5. The van der Waals surface area contributed by atoms with Gasteiger partial charge in [-0.1, -0.05) is 6.07 Å². The molecule has 2 saturated heterocycles. The lowest BCUT2D eigenvalue weighted by atomic mass is 10.2. The molecule has 0 radical (unpaired) electrons. The van der Waals surface area contributed by atoms with Gasteiger partial charge in [-0.05, 0) is 50.6 Å². The molecule has 2 aliphatic heterocycles. The van der Waals surface area contributed by atoms with E-state index in [0.717, 1.165) is 31.8 Å². The Kier molecular flexibility index (Phi) is 6.08. The zero-order valence-electron chi connectivity index (χ0n) is 14.5. The number of hydrogen-bond donors (Lipinski definition) is 0. The first-order valence-corrected chi connectivity index (χ1v) is 8.90. The van der Waals surface area contributed by atoms with Crippen LogP contribution in [0.3, 0.4) is 0 Å². The van der Waals surface area contributed by atoms with Gasteiger partial charge in [-0.2, -0.15) is 5.26 Å². The summed E-state index contributed by atoms with van der Waals surface area (Å²) < 4.78 is 11.4. The summed E-state index contributed by atoms with van der Waals surface area (Å²) in [6, 6.07) is 10.1. The first-order valence-electron chi connectivity index (χ1n) is 8.90. The summed E-state index contributed by atoms with van der Waals surface area (Å²) >= 11 is 0. The van der Waals surface area contributed by atoms with Crippen LogP contribution in [0.2, 0.25) is 0 Å². The van der Waals surface area contributed by atoms with Crippen molar-refractivity contribution in [1.82, 2.24) is 9.80 Å². The number of nitriles is 1. The number of methoxy groups -OCH3 is 1. The molecule has 0 saturated carbocycles. The van der Waals surface area contributed by atoms with Crippen molar-refractivity contribution in [2.45, 2.75) is 31.4 Å². The lowest BCUT2D eigenvalue weighted by Gasteiger charge is -2.28. The number of rotatable bonds is 7. The highest BCUT2D eigenvalue weighted by Gasteiger charge is 2.33. The van der Waals surface area contributed by atoms with Crippen molar-refractivity contribution in [3.05, 3.63) is 29.8 Å². The van der Waals surface area contributed by atoms with Crippen molar-refractivity contribution < 1.29 is 9.47 Å². The van der Waals surface area contributed by atoms with E-state index in [4.69, 9.17) is 14.7 Å². The smallest absolute Gasteiger partial charge is 0.120 e. The minimum atomic E-state index is 0.333. The van der Waals surface area contributed by atoms with E-state index in [1.54, 1.807) is 12.1 Å². The minimum Gasteiger partial charge on any atom is -0.492 e. The predicted molar refractivity (Wildman–Crippen MR) is 93.1 cm³/mol. The van der Waals surface area contributed by atoms with E-state index in [1.165, 1.54) is 25.9 Å². The van der Waals surface area contributed by atoms with Gasteiger partial charge in [-0.25, -0.2) is 0 Å². The molecule has 2 fully saturated rings. The molecule has 2 heterocycles. The van der Waals surface area contributed by atoms with Crippen molar-refractivity contribution in [3.8, 4) is 11.8 Å². The quantitative estimate of drug-likeness (QED) is 0.767. The highest BCUT2D eigenvalue weighted by Crippen LogP contribution is 2.22. The molecule has 1 aromatic rings. The van der Waals surface area contributed by atoms with Gasteiger partial charge in [0.1, 0.15) is 12.4 Å². The molecular weight excluding hydrogens is 302 g/mol. The Morgan fingerprint density at radius 1 is 1.29 bits per heavy atom. The molecule has 5 heteroatoms. The molecule has 0 amide bonds. The molecule has 1 aromatic carbocycles. The molecule has 130 valence electrons. The number of ether oxygens (including phenoxy) is 2. The van der Waals surface area contributed by atoms with Crippen LogP contribution in [0.4, 0.5) is 0 Å². The van der Waals surface area contributed by atoms with Gasteiger partial charge < -0.3 is 14.4 Å². The maximum Gasteiger partial charge on any atom is 0.120 e. The molecule has 2 aliphatic rings. The average Bonchev–Trinajstić information content (AvgIpc) is 3.25. The van der Waals surface area contributed by atoms with Crippen LogP contribution in [0.15, 0.2) is 24.3 Å². The monoisotopic (exact) mass is 329 g/mol. The van der Waals surface area contributed by atoms with Gasteiger partial charge in [0.15, 0.2) is 0 Å². The van der Waals surface area contributed by atoms with E-state index in [-0.39, 0.29) is 0 Å². The third-order valence-electron chi connectivity index (χ3n) is 5.10. The van der Waals surface area contributed by atoms with Gasteiger partial charge in [-0.15, -0.1) is 0 Å². The Hall–Kier alpha value is -1.61. The molecule has 0 aliphatic carbocycles. The van der Waals surface area contributed by atoms with Gasteiger partial charge in [-0.3, -0.25) is 4.90 Å². The van der Waals surface area contributed by atoms with Gasteiger partial charge in [0, 0.05) is 32.8 Å². The molecule has 0 spiro atoms. The summed E-state index contributed by atoms with van der Waals surface area (Å²) in [6.07, 6.45) is 4.11. The summed E-state index contributed by atoms with van der Waals surface area (Å²) in [7, 11) is 1.81. The molecular formula is C19H27N3O2. The minimum absolute atomic E-state index is 0.333. The van der Waals surface area contributed by atoms with E-state index in [9.17, 15) is 0 Å². The van der Waals surface area contributed by atoms with Crippen molar-refractivity contribution in [1.29, 1.82) is 5.26 Å². The Morgan fingerprint density at radius 2 is 2.12 bits per heavy atom. The van der Waals surface area contributed by atoms with Crippen molar-refractivity contribution >= 4 is 0 Å². The fourth-order valence-corrected chi connectivity index (χ4v) is 3.77. The second kappa shape index (κ2) is 8.48. The van der Waals surface area contributed by atoms with Crippen LogP contribution < -0.4 is 4.74 Å². The Labute approximate surface area is 144 Å². The van der Waals surface area contributed by atoms with Gasteiger partial charge in [0.05, 0.1) is 17.7 Å². The highest BCUT2D eigenvalue weighted by molar-refractivity contribution is 5.36. The fraction of sp³-hybridized carbons (Fsp3) is 0.632.